The maximum absolute atomic E-state index is 12.9. The summed E-state index contributed by atoms with van der Waals surface area (Å²) in [6.45, 7) is 10.9. The molecule has 0 aliphatic heterocycles. The van der Waals surface area contributed by atoms with E-state index in [0.717, 1.165) is 11.1 Å². The van der Waals surface area contributed by atoms with Crippen LogP contribution in [0.3, 0.4) is 0 Å². The molecular weight excluding hydrogens is 448 g/mol. The molecule has 0 bridgehead atoms. The van der Waals surface area contributed by atoms with Crippen molar-refractivity contribution >= 4 is 20.2 Å². The SMILES string of the molecule is Cc1cc(C)c(S(=O)(=O)OC2CCC(OS(=O)(=O)c3c(C)cc(C)cc3C)CC2)c(C)c1. The number of hydrogen-bond acceptors (Lipinski definition) is 6. The molecule has 1 aliphatic rings. The van der Waals surface area contributed by atoms with Crippen LogP contribution in [0.1, 0.15) is 59.1 Å². The highest BCUT2D eigenvalue weighted by Gasteiger charge is 2.32. The first-order chi connectivity index (χ1) is 14.8. The summed E-state index contributed by atoms with van der Waals surface area (Å²) < 4.78 is 62.7. The van der Waals surface area contributed by atoms with Gasteiger partial charge in [0.25, 0.3) is 20.2 Å². The maximum Gasteiger partial charge on any atom is 0.297 e. The van der Waals surface area contributed by atoms with Crippen LogP contribution >= 0.6 is 0 Å². The monoisotopic (exact) mass is 480 g/mol. The molecule has 0 unspecified atom stereocenters. The Balaban J connectivity index is 1.67. The van der Waals surface area contributed by atoms with Crippen LogP contribution in [0, 0.1) is 41.5 Å². The zero-order valence-corrected chi connectivity index (χ0v) is 21.2. The summed E-state index contributed by atoms with van der Waals surface area (Å²) in [7, 11) is -7.82. The fourth-order valence-electron chi connectivity index (χ4n) is 4.80. The molecule has 0 saturated heterocycles. The predicted molar refractivity (Wildman–Crippen MR) is 124 cm³/mol. The Kier molecular flexibility index (Phi) is 7.20. The molecule has 0 spiro atoms. The van der Waals surface area contributed by atoms with E-state index in [-0.39, 0.29) is 9.79 Å². The molecule has 6 nitrogen and oxygen atoms in total. The smallest absolute Gasteiger partial charge is 0.263 e. The van der Waals surface area contributed by atoms with Gasteiger partial charge in [0.1, 0.15) is 0 Å². The van der Waals surface area contributed by atoms with Crippen molar-refractivity contribution < 1.29 is 25.2 Å². The van der Waals surface area contributed by atoms with Gasteiger partial charge in [0.05, 0.1) is 22.0 Å². The van der Waals surface area contributed by atoms with Crippen molar-refractivity contribution in [1.29, 1.82) is 0 Å². The van der Waals surface area contributed by atoms with Crippen LogP contribution in [0.15, 0.2) is 34.1 Å². The van der Waals surface area contributed by atoms with E-state index in [9.17, 15) is 16.8 Å². The van der Waals surface area contributed by atoms with Gasteiger partial charge in [-0.15, -0.1) is 0 Å². The van der Waals surface area contributed by atoms with Crippen LogP contribution in [0.4, 0.5) is 0 Å². The minimum absolute atomic E-state index is 0.217. The molecular formula is C24H32O6S2. The summed E-state index contributed by atoms with van der Waals surface area (Å²) in [6, 6.07) is 7.31. The average molecular weight is 481 g/mol. The fourth-order valence-corrected chi connectivity index (χ4v) is 7.91. The zero-order valence-electron chi connectivity index (χ0n) is 19.6. The first-order valence-corrected chi connectivity index (χ1v) is 13.6. The van der Waals surface area contributed by atoms with Gasteiger partial charge in [-0.25, -0.2) is 0 Å². The Bertz CT molecular complexity index is 1080. The molecule has 0 aromatic heterocycles. The Morgan fingerprint density at radius 3 is 1.06 bits per heavy atom. The lowest BCUT2D eigenvalue weighted by Crippen LogP contribution is -2.30. The molecule has 0 radical (unpaired) electrons. The Morgan fingerprint density at radius 1 is 0.562 bits per heavy atom. The van der Waals surface area contributed by atoms with Crippen molar-refractivity contribution in [3.63, 3.8) is 0 Å². The first kappa shape index (κ1) is 24.9. The largest absolute Gasteiger partial charge is 0.297 e. The molecule has 8 heteroatoms. The molecule has 1 fully saturated rings. The molecule has 0 N–H and O–H groups in total. The van der Waals surface area contributed by atoms with Crippen molar-refractivity contribution in [2.45, 2.75) is 89.2 Å². The predicted octanol–water partition coefficient (Wildman–Crippen LogP) is 4.96. The average Bonchev–Trinajstić information content (AvgIpc) is 2.60. The van der Waals surface area contributed by atoms with Crippen LogP contribution < -0.4 is 0 Å². The molecule has 3 rings (SSSR count). The third-order valence-electron chi connectivity index (χ3n) is 5.86. The van der Waals surface area contributed by atoms with Crippen molar-refractivity contribution in [2.24, 2.45) is 0 Å². The summed E-state index contributed by atoms with van der Waals surface area (Å²) in [5, 5.41) is 0. The van der Waals surface area contributed by atoms with Crippen LogP contribution in [0.2, 0.25) is 0 Å². The normalized spacial score (nSPS) is 19.8. The van der Waals surface area contributed by atoms with Gasteiger partial charge in [0.2, 0.25) is 0 Å². The number of benzene rings is 2. The summed E-state index contributed by atoms with van der Waals surface area (Å²) in [4.78, 5) is 0.434. The van der Waals surface area contributed by atoms with Crippen LogP contribution in [0.25, 0.3) is 0 Å². The highest BCUT2D eigenvalue weighted by molar-refractivity contribution is 7.87. The summed E-state index contributed by atoms with van der Waals surface area (Å²) in [5.74, 6) is 0. The van der Waals surface area contributed by atoms with Crippen molar-refractivity contribution in [2.75, 3.05) is 0 Å². The third kappa shape index (κ3) is 5.42. The second-order valence-corrected chi connectivity index (χ2v) is 12.0. The third-order valence-corrected chi connectivity index (χ3v) is 9.20. The van der Waals surface area contributed by atoms with Gasteiger partial charge >= 0.3 is 0 Å². The van der Waals surface area contributed by atoms with Gasteiger partial charge in [0.15, 0.2) is 0 Å². The molecule has 0 heterocycles. The molecule has 32 heavy (non-hydrogen) atoms. The lowest BCUT2D eigenvalue weighted by molar-refractivity contribution is 0.0876. The summed E-state index contributed by atoms with van der Waals surface area (Å²) >= 11 is 0. The Morgan fingerprint density at radius 2 is 0.812 bits per heavy atom. The van der Waals surface area contributed by atoms with Gasteiger partial charge in [-0.2, -0.15) is 16.8 Å². The molecule has 1 saturated carbocycles. The molecule has 1 aliphatic carbocycles. The molecule has 2 aromatic carbocycles. The van der Waals surface area contributed by atoms with E-state index < -0.39 is 32.4 Å². The van der Waals surface area contributed by atoms with Crippen molar-refractivity contribution in [1.82, 2.24) is 0 Å². The molecule has 176 valence electrons. The molecule has 0 atom stereocenters. The number of aryl methyl sites for hydroxylation is 6. The highest BCUT2D eigenvalue weighted by atomic mass is 32.2. The second kappa shape index (κ2) is 9.25. The lowest BCUT2D eigenvalue weighted by atomic mass is 9.95. The van der Waals surface area contributed by atoms with Gasteiger partial charge in [-0.3, -0.25) is 8.37 Å². The zero-order chi connectivity index (χ0) is 23.8. The minimum atomic E-state index is -3.91. The highest BCUT2D eigenvalue weighted by Crippen LogP contribution is 2.32. The first-order valence-electron chi connectivity index (χ1n) is 10.8. The van der Waals surface area contributed by atoms with Crippen molar-refractivity contribution in [3.05, 3.63) is 57.6 Å². The fraction of sp³-hybridized carbons (Fsp3) is 0.500. The van der Waals surface area contributed by atoms with Gasteiger partial charge in [0, 0.05) is 0 Å². The van der Waals surface area contributed by atoms with Crippen molar-refractivity contribution in [3.8, 4) is 0 Å². The van der Waals surface area contributed by atoms with E-state index in [2.05, 4.69) is 0 Å². The molecule has 0 amide bonds. The second-order valence-electron chi connectivity index (χ2n) is 8.96. The van der Waals surface area contributed by atoms with Gasteiger partial charge in [-0.05, 0) is 89.5 Å². The number of rotatable bonds is 6. The van der Waals surface area contributed by atoms with Crippen LogP contribution in [-0.2, 0) is 28.6 Å². The topological polar surface area (TPSA) is 86.7 Å². The summed E-state index contributed by atoms with van der Waals surface area (Å²) in [6.07, 6.45) is 0.658. The van der Waals surface area contributed by atoms with Crippen LogP contribution in [0.5, 0.6) is 0 Å². The van der Waals surface area contributed by atoms with E-state index in [0.29, 0.717) is 47.9 Å². The molecule has 2 aromatic rings. The van der Waals surface area contributed by atoms with Gasteiger partial charge in [-0.1, -0.05) is 35.4 Å². The minimum Gasteiger partial charge on any atom is -0.263 e. The quantitative estimate of drug-likeness (QED) is 0.543. The van der Waals surface area contributed by atoms with E-state index in [1.165, 1.54) is 0 Å². The van der Waals surface area contributed by atoms with E-state index in [1.807, 2.05) is 38.1 Å². The summed E-state index contributed by atoms with van der Waals surface area (Å²) in [5.41, 5.74) is 4.64. The Hall–Kier alpha value is -1.74. The van der Waals surface area contributed by atoms with Crippen LogP contribution in [-0.4, -0.2) is 29.0 Å². The van der Waals surface area contributed by atoms with E-state index >= 15 is 0 Å². The van der Waals surface area contributed by atoms with E-state index in [4.69, 9.17) is 8.37 Å². The standard InChI is InChI=1S/C24H32O6S2/c1-15-11-17(3)23(18(4)12-15)31(25,26)29-21-7-9-22(10-8-21)30-32(27,28)24-19(5)13-16(2)14-20(24)6/h11-14,21-22H,7-10H2,1-6H3. The maximum atomic E-state index is 12.9. The van der Waals surface area contributed by atoms with E-state index in [1.54, 1.807) is 27.7 Å². The van der Waals surface area contributed by atoms with Gasteiger partial charge < -0.3 is 0 Å². The Labute approximate surface area is 192 Å². The lowest BCUT2D eigenvalue weighted by Gasteiger charge is -2.28. The number of hydrogen-bond donors (Lipinski definition) is 0.